The number of rotatable bonds is 7. The van der Waals surface area contributed by atoms with Crippen molar-refractivity contribution in [3.05, 3.63) is 65.7 Å². The first-order chi connectivity index (χ1) is 12.5. The number of aryl methyl sites for hydroxylation is 1. The van der Waals surface area contributed by atoms with Gasteiger partial charge in [-0.1, -0.05) is 30.3 Å². The zero-order valence-electron chi connectivity index (χ0n) is 16.0. The van der Waals surface area contributed by atoms with Crippen molar-refractivity contribution in [2.75, 3.05) is 32.7 Å². The Balaban J connectivity index is 1.44. The predicted molar refractivity (Wildman–Crippen MR) is 105 cm³/mol. The highest BCUT2D eigenvalue weighted by molar-refractivity contribution is 5.15. The van der Waals surface area contributed by atoms with Crippen LogP contribution in [0.2, 0.25) is 0 Å². The quantitative estimate of drug-likeness (QED) is 0.753. The molecule has 0 unspecified atom stereocenters. The van der Waals surface area contributed by atoms with Gasteiger partial charge in [-0.05, 0) is 44.4 Å². The lowest BCUT2D eigenvalue weighted by Gasteiger charge is -2.44. The van der Waals surface area contributed by atoms with Crippen LogP contribution < -0.4 is 0 Å². The average Bonchev–Trinajstić information content (AvgIpc) is 2.67. The smallest absolute Gasteiger partial charge is 0.144 e. The molecule has 0 radical (unpaired) electrons. The summed E-state index contributed by atoms with van der Waals surface area (Å²) in [6, 6.07) is 13.9. The van der Waals surface area contributed by atoms with E-state index in [1.54, 1.807) is 12.3 Å². The summed E-state index contributed by atoms with van der Waals surface area (Å²) in [5.41, 5.74) is 2.20. The largest absolute Gasteiger partial charge is 0.300 e. The molecule has 0 bridgehead atoms. The molecule has 26 heavy (non-hydrogen) atoms. The first kappa shape index (κ1) is 19.0. The Kier molecular flexibility index (Phi) is 6.38. The van der Waals surface area contributed by atoms with Crippen LogP contribution in [0, 0.1) is 5.82 Å². The van der Waals surface area contributed by atoms with Gasteiger partial charge >= 0.3 is 0 Å². The van der Waals surface area contributed by atoms with Crippen molar-refractivity contribution in [1.29, 1.82) is 0 Å². The maximum atomic E-state index is 13.7. The Labute approximate surface area is 156 Å². The van der Waals surface area contributed by atoms with E-state index >= 15 is 0 Å². The molecule has 2 aromatic rings. The van der Waals surface area contributed by atoms with Crippen molar-refractivity contribution in [3.8, 4) is 0 Å². The Hall–Kier alpha value is -1.78. The van der Waals surface area contributed by atoms with Gasteiger partial charge in [0, 0.05) is 50.9 Å². The molecule has 1 aromatic carbocycles. The normalized spacial score (nSPS) is 16.7. The van der Waals surface area contributed by atoms with Crippen molar-refractivity contribution >= 4 is 0 Å². The number of aromatic nitrogens is 1. The molecule has 1 aromatic heterocycles. The first-order valence-electron chi connectivity index (χ1n) is 9.65. The maximum Gasteiger partial charge on any atom is 0.144 e. The van der Waals surface area contributed by atoms with Gasteiger partial charge in [-0.2, -0.15) is 0 Å². The summed E-state index contributed by atoms with van der Waals surface area (Å²) in [6.45, 7) is 9.83. The van der Waals surface area contributed by atoms with E-state index in [4.69, 9.17) is 0 Å². The molecule has 1 aliphatic heterocycles. The molecular formula is C22H30FN3. The topological polar surface area (TPSA) is 19.4 Å². The van der Waals surface area contributed by atoms with Crippen molar-refractivity contribution in [2.45, 2.75) is 38.6 Å². The van der Waals surface area contributed by atoms with Gasteiger partial charge in [0.15, 0.2) is 0 Å². The Morgan fingerprint density at radius 2 is 1.69 bits per heavy atom. The second-order valence-corrected chi connectivity index (χ2v) is 7.81. The van der Waals surface area contributed by atoms with Crippen LogP contribution in [-0.2, 0) is 12.8 Å². The number of halogens is 1. The third kappa shape index (κ3) is 5.12. The molecule has 140 valence electrons. The Morgan fingerprint density at radius 3 is 2.38 bits per heavy atom. The molecule has 0 aliphatic carbocycles. The molecule has 3 rings (SSSR count). The van der Waals surface area contributed by atoms with Crippen LogP contribution in [-0.4, -0.2) is 53.0 Å². The third-order valence-corrected chi connectivity index (χ3v) is 5.60. The first-order valence-corrected chi connectivity index (χ1v) is 9.65. The summed E-state index contributed by atoms with van der Waals surface area (Å²) in [5, 5.41) is 0. The van der Waals surface area contributed by atoms with E-state index in [9.17, 15) is 4.39 Å². The third-order valence-electron chi connectivity index (χ3n) is 5.60. The Morgan fingerprint density at radius 1 is 0.962 bits per heavy atom. The van der Waals surface area contributed by atoms with Crippen LogP contribution in [0.1, 0.15) is 31.5 Å². The molecule has 1 saturated heterocycles. The molecule has 1 fully saturated rings. The minimum absolute atomic E-state index is 0.187. The predicted octanol–water partition coefficient (Wildman–Crippen LogP) is 3.79. The van der Waals surface area contributed by atoms with Gasteiger partial charge in [-0.15, -0.1) is 0 Å². The highest BCUT2D eigenvalue weighted by atomic mass is 19.1. The van der Waals surface area contributed by atoms with E-state index in [-0.39, 0.29) is 11.4 Å². The van der Waals surface area contributed by atoms with Gasteiger partial charge in [0.2, 0.25) is 0 Å². The lowest BCUT2D eigenvalue weighted by atomic mass is 9.92. The van der Waals surface area contributed by atoms with Crippen molar-refractivity contribution in [2.24, 2.45) is 0 Å². The molecule has 0 saturated carbocycles. The highest BCUT2D eigenvalue weighted by Gasteiger charge is 2.29. The zero-order chi connectivity index (χ0) is 18.4. The van der Waals surface area contributed by atoms with Crippen LogP contribution in [0.25, 0.3) is 0 Å². The monoisotopic (exact) mass is 355 g/mol. The lowest BCUT2D eigenvalue weighted by Crippen LogP contribution is -2.55. The zero-order valence-corrected chi connectivity index (χ0v) is 16.0. The number of benzene rings is 1. The van der Waals surface area contributed by atoms with Gasteiger partial charge in [-0.3, -0.25) is 9.88 Å². The molecule has 0 spiro atoms. The summed E-state index contributed by atoms with van der Waals surface area (Å²) in [6.07, 6.45) is 4.64. The van der Waals surface area contributed by atoms with Crippen molar-refractivity contribution in [3.63, 3.8) is 0 Å². The minimum Gasteiger partial charge on any atom is -0.300 e. The SMILES string of the molecule is CC(C)(CCc1ccccc1)N1CCN(CCc2ncccc2F)CC1. The molecule has 4 heteroatoms. The summed E-state index contributed by atoms with van der Waals surface area (Å²) >= 11 is 0. The Bertz CT molecular complexity index is 679. The summed E-state index contributed by atoms with van der Waals surface area (Å²) in [4.78, 5) is 9.19. The number of hydrogen-bond donors (Lipinski definition) is 0. The molecule has 0 amide bonds. The fourth-order valence-electron chi connectivity index (χ4n) is 3.70. The van der Waals surface area contributed by atoms with Crippen LogP contribution in [0.3, 0.4) is 0 Å². The fraction of sp³-hybridized carbons (Fsp3) is 0.500. The number of hydrogen-bond acceptors (Lipinski definition) is 3. The molecular weight excluding hydrogens is 325 g/mol. The van der Waals surface area contributed by atoms with Crippen LogP contribution in [0.4, 0.5) is 4.39 Å². The van der Waals surface area contributed by atoms with E-state index in [0.717, 1.165) is 45.6 Å². The summed E-state index contributed by atoms with van der Waals surface area (Å²) in [5.74, 6) is -0.187. The van der Waals surface area contributed by atoms with Gasteiger partial charge in [0.05, 0.1) is 5.69 Å². The average molecular weight is 356 g/mol. The van der Waals surface area contributed by atoms with E-state index < -0.39 is 0 Å². The van der Waals surface area contributed by atoms with Gasteiger partial charge < -0.3 is 4.90 Å². The molecule has 0 N–H and O–H groups in total. The van der Waals surface area contributed by atoms with Crippen LogP contribution in [0.5, 0.6) is 0 Å². The highest BCUT2D eigenvalue weighted by Crippen LogP contribution is 2.23. The van der Waals surface area contributed by atoms with Gasteiger partial charge in [0.25, 0.3) is 0 Å². The van der Waals surface area contributed by atoms with E-state index in [0.29, 0.717) is 12.1 Å². The van der Waals surface area contributed by atoms with E-state index in [2.05, 4.69) is 59.0 Å². The maximum absolute atomic E-state index is 13.7. The number of nitrogens with zero attached hydrogens (tertiary/aromatic N) is 3. The number of piperazine rings is 1. The lowest BCUT2D eigenvalue weighted by molar-refractivity contribution is 0.0477. The summed E-state index contributed by atoms with van der Waals surface area (Å²) < 4.78 is 13.7. The van der Waals surface area contributed by atoms with Crippen molar-refractivity contribution < 1.29 is 4.39 Å². The number of pyridine rings is 1. The standard InChI is InChI=1S/C22H30FN3/c1-22(2,12-10-19-7-4-3-5-8-19)26-17-15-25(16-18-26)14-11-21-20(23)9-6-13-24-21/h3-9,13H,10-12,14-18H2,1-2H3. The van der Waals surface area contributed by atoms with Crippen LogP contribution >= 0.6 is 0 Å². The second-order valence-electron chi connectivity index (χ2n) is 7.81. The molecule has 3 nitrogen and oxygen atoms in total. The molecule has 0 atom stereocenters. The summed E-state index contributed by atoms with van der Waals surface area (Å²) in [7, 11) is 0. The van der Waals surface area contributed by atoms with E-state index in [1.807, 2.05) is 0 Å². The van der Waals surface area contributed by atoms with Crippen LogP contribution in [0.15, 0.2) is 48.7 Å². The second kappa shape index (κ2) is 8.74. The minimum atomic E-state index is -0.187. The van der Waals surface area contributed by atoms with Gasteiger partial charge in [0.1, 0.15) is 5.82 Å². The molecule has 2 heterocycles. The van der Waals surface area contributed by atoms with Gasteiger partial charge in [-0.25, -0.2) is 4.39 Å². The van der Waals surface area contributed by atoms with E-state index in [1.165, 1.54) is 11.6 Å². The fourth-order valence-corrected chi connectivity index (χ4v) is 3.70. The molecule has 1 aliphatic rings. The van der Waals surface area contributed by atoms with Crippen molar-refractivity contribution in [1.82, 2.24) is 14.8 Å².